The van der Waals surface area contributed by atoms with Crippen molar-refractivity contribution in [1.82, 2.24) is 10.3 Å². The lowest BCUT2D eigenvalue weighted by Gasteiger charge is -2.32. The fourth-order valence-corrected chi connectivity index (χ4v) is 3.30. The van der Waals surface area contributed by atoms with E-state index in [-0.39, 0.29) is 24.5 Å². The molecule has 2 aromatic rings. The number of carbonyl (C=O) groups is 1. The highest BCUT2D eigenvalue weighted by Gasteiger charge is 2.29. The van der Waals surface area contributed by atoms with E-state index in [4.69, 9.17) is 14.7 Å². The number of rotatable bonds is 5. The normalized spacial score (nSPS) is 19.8. The first-order valence-electron chi connectivity index (χ1n) is 8.09. The average Bonchev–Trinajstić information content (AvgIpc) is 3.02. The van der Waals surface area contributed by atoms with Crippen LogP contribution in [0.1, 0.15) is 22.7 Å². The Labute approximate surface area is 150 Å². The molecule has 0 bridgehead atoms. The lowest BCUT2D eigenvalue weighted by molar-refractivity contribution is -0.123. The maximum Gasteiger partial charge on any atom is 0.226 e. The molecule has 1 N–H and O–H groups in total. The van der Waals surface area contributed by atoms with Crippen molar-refractivity contribution in [3.05, 3.63) is 45.9 Å². The van der Waals surface area contributed by atoms with Crippen LogP contribution in [0.15, 0.2) is 29.6 Å². The van der Waals surface area contributed by atoms with E-state index in [2.05, 4.69) is 16.4 Å². The predicted molar refractivity (Wildman–Crippen MR) is 93.5 cm³/mol. The van der Waals surface area contributed by atoms with Gasteiger partial charge in [-0.05, 0) is 37.6 Å². The van der Waals surface area contributed by atoms with Gasteiger partial charge in [0.15, 0.2) is 0 Å². The van der Waals surface area contributed by atoms with Crippen LogP contribution in [0, 0.1) is 18.3 Å². The molecule has 6 nitrogen and oxygen atoms in total. The summed E-state index contributed by atoms with van der Waals surface area (Å²) in [6.45, 7) is 2.93. The molecule has 1 aromatic heterocycles. The molecule has 1 saturated heterocycles. The molecule has 1 fully saturated rings. The third-order valence-corrected chi connectivity index (χ3v) is 4.75. The zero-order chi connectivity index (χ0) is 17.6. The molecule has 1 amide bonds. The summed E-state index contributed by atoms with van der Waals surface area (Å²) in [7, 11) is 0. The standard InChI is InChI=1S/C18H19N3O3S/c1-12-20-14(11-25-12)8-18(22)21-16-6-7-23-10-17(16)24-15-4-2-13(9-19)3-5-15/h2-5,11,16-17H,6-8,10H2,1H3,(H,21,22)/t16-,17-/m1/s1. The smallest absolute Gasteiger partial charge is 0.226 e. The van der Waals surface area contributed by atoms with Crippen molar-refractivity contribution < 1.29 is 14.3 Å². The van der Waals surface area contributed by atoms with Crippen molar-refractivity contribution in [2.45, 2.75) is 31.9 Å². The highest BCUT2D eigenvalue weighted by molar-refractivity contribution is 7.09. The minimum atomic E-state index is -0.261. The number of nitrogens with zero attached hydrogens (tertiary/aromatic N) is 2. The average molecular weight is 357 g/mol. The van der Waals surface area contributed by atoms with Gasteiger partial charge in [0.2, 0.25) is 5.91 Å². The number of amides is 1. The second kappa shape index (κ2) is 8.10. The number of ether oxygens (including phenoxy) is 2. The number of aromatic nitrogens is 1. The van der Waals surface area contributed by atoms with E-state index in [9.17, 15) is 4.79 Å². The van der Waals surface area contributed by atoms with Crippen LogP contribution >= 0.6 is 11.3 Å². The Morgan fingerprint density at radius 1 is 1.48 bits per heavy atom. The van der Waals surface area contributed by atoms with Crippen LogP contribution in [-0.2, 0) is 16.0 Å². The number of thiazole rings is 1. The maximum absolute atomic E-state index is 12.3. The highest BCUT2D eigenvalue weighted by atomic mass is 32.1. The van der Waals surface area contributed by atoms with E-state index in [1.54, 1.807) is 24.3 Å². The quantitative estimate of drug-likeness (QED) is 0.887. The minimum absolute atomic E-state index is 0.0642. The zero-order valence-electron chi connectivity index (χ0n) is 13.9. The van der Waals surface area contributed by atoms with Crippen LogP contribution in [0.3, 0.4) is 0 Å². The molecule has 1 aliphatic heterocycles. The van der Waals surface area contributed by atoms with Crippen LogP contribution in [0.5, 0.6) is 5.75 Å². The number of aryl methyl sites for hydroxylation is 1. The van der Waals surface area contributed by atoms with E-state index >= 15 is 0 Å². The Hall–Kier alpha value is -2.43. The van der Waals surface area contributed by atoms with Gasteiger partial charge in [0.25, 0.3) is 0 Å². The van der Waals surface area contributed by atoms with Crippen molar-refractivity contribution in [3.63, 3.8) is 0 Å². The third kappa shape index (κ3) is 4.78. The molecule has 25 heavy (non-hydrogen) atoms. The summed E-state index contributed by atoms with van der Waals surface area (Å²) < 4.78 is 11.5. The van der Waals surface area contributed by atoms with Crippen molar-refractivity contribution >= 4 is 17.2 Å². The van der Waals surface area contributed by atoms with E-state index in [1.165, 1.54) is 11.3 Å². The Balaban J connectivity index is 1.59. The van der Waals surface area contributed by atoms with Gasteiger partial charge in [0.05, 0.1) is 41.4 Å². The molecule has 0 radical (unpaired) electrons. The van der Waals surface area contributed by atoms with Gasteiger partial charge in [-0.2, -0.15) is 5.26 Å². The molecule has 1 aliphatic rings. The van der Waals surface area contributed by atoms with Crippen LogP contribution in [0.4, 0.5) is 0 Å². The largest absolute Gasteiger partial charge is 0.486 e. The molecular weight excluding hydrogens is 338 g/mol. The number of nitriles is 1. The van der Waals surface area contributed by atoms with Crippen molar-refractivity contribution in [2.75, 3.05) is 13.2 Å². The highest BCUT2D eigenvalue weighted by Crippen LogP contribution is 2.19. The molecule has 0 aliphatic carbocycles. The Bertz CT molecular complexity index is 767. The van der Waals surface area contributed by atoms with Crippen molar-refractivity contribution in [1.29, 1.82) is 5.26 Å². The summed E-state index contributed by atoms with van der Waals surface area (Å²) in [5, 5.41) is 14.7. The summed E-state index contributed by atoms with van der Waals surface area (Å²) in [6.07, 6.45) is 0.705. The first kappa shape index (κ1) is 17.4. The number of hydrogen-bond donors (Lipinski definition) is 1. The van der Waals surface area contributed by atoms with Gasteiger partial charge in [-0.3, -0.25) is 4.79 Å². The second-order valence-corrected chi connectivity index (χ2v) is 6.93. The summed E-state index contributed by atoms with van der Waals surface area (Å²) in [5.41, 5.74) is 1.37. The lowest BCUT2D eigenvalue weighted by atomic mass is 10.1. The number of hydrogen-bond acceptors (Lipinski definition) is 6. The van der Waals surface area contributed by atoms with Gasteiger partial charge in [-0.15, -0.1) is 11.3 Å². The van der Waals surface area contributed by atoms with E-state index in [0.717, 1.165) is 10.7 Å². The third-order valence-electron chi connectivity index (χ3n) is 3.93. The topological polar surface area (TPSA) is 84.2 Å². The second-order valence-electron chi connectivity index (χ2n) is 5.86. The summed E-state index contributed by atoms with van der Waals surface area (Å²) in [5.74, 6) is 0.592. The molecule has 3 rings (SSSR count). The summed E-state index contributed by atoms with van der Waals surface area (Å²) in [6, 6.07) is 8.88. The Morgan fingerprint density at radius 2 is 2.28 bits per heavy atom. The molecule has 0 spiro atoms. The molecule has 0 saturated carbocycles. The number of nitrogens with one attached hydrogen (secondary N) is 1. The van der Waals surface area contributed by atoms with Crippen molar-refractivity contribution in [3.8, 4) is 11.8 Å². The SMILES string of the molecule is Cc1nc(CC(=O)N[C@@H]2CCOC[C@H]2Oc2ccc(C#N)cc2)cs1. The Morgan fingerprint density at radius 3 is 2.96 bits per heavy atom. The molecule has 130 valence electrons. The monoisotopic (exact) mass is 357 g/mol. The first-order chi connectivity index (χ1) is 12.1. The van der Waals surface area contributed by atoms with Crippen LogP contribution < -0.4 is 10.1 Å². The van der Waals surface area contributed by atoms with Crippen LogP contribution in [0.25, 0.3) is 0 Å². The molecule has 1 aromatic carbocycles. The zero-order valence-corrected chi connectivity index (χ0v) is 14.7. The van der Waals surface area contributed by atoms with E-state index < -0.39 is 0 Å². The molecule has 2 atom stereocenters. The van der Waals surface area contributed by atoms with Gasteiger partial charge in [0, 0.05) is 12.0 Å². The van der Waals surface area contributed by atoms with Crippen molar-refractivity contribution in [2.24, 2.45) is 0 Å². The van der Waals surface area contributed by atoms with Gasteiger partial charge in [-0.1, -0.05) is 0 Å². The number of benzene rings is 1. The van der Waals surface area contributed by atoms with Crippen LogP contribution in [-0.4, -0.2) is 36.3 Å². The Kier molecular flexibility index (Phi) is 5.64. The van der Waals surface area contributed by atoms with Gasteiger partial charge < -0.3 is 14.8 Å². The van der Waals surface area contributed by atoms with Gasteiger partial charge in [-0.25, -0.2) is 4.98 Å². The fraction of sp³-hybridized carbons (Fsp3) is 0.389. The molecular formula is C18H19N3O3S. The molecule has 2 heterocycles. The lowest BCUT2D eigenvalue weighted by Crippen LogP contribution is -2.51. The molecule has 7 heteroatoms. The minimum Gasteiger partial charge on any atom is -0.486 e. The summed E-state index contributed by atoms with van der Waals surface area (Å²) >= 11 is 1.54. The van der Waals surface area contributed by atoms with E-state index in [1.807, 2.05) is 12.3 Å². The predicted octanol–water partition coefficient (Wildman–Crippen LogP) is 2.22. The number of carbonyl (C=O) groups excluding carboxylic acids is 1. The van der Waals surface area contributed by atoms with E-state index in [0.29, 0.717) is 30.9 Å². The summed E-state index contributed by atoms with van der Waals surface area (Å²) in [4.78, 5) is 16.6. The van der Waals surface area contributed by atoms with Gasteiger partial charge in [0.1, 0.15) is 11.9 Å². The first-order valence-corrected chi connectivity index (χ1v) is 8.97. The van der Waals surface area contributed by atoms with Crippen LogP contribution in [0.2, 0.25) is 0 Å². The maximum atomic E-state index is 12.3. The fourth-order valence-electron chi connectivity index (χ4n) is 2.69. The van der Waals surface area contributed by atoms with Gasteiger partial charge >= 0.3 is 0 Å². The molecule has 0 unspecified atom stereocenters.